The van der Waals surface area contributed by atoms with Crippen molar-refractivity contribution >= 4 is 10.8 Å². The molecule has 1 aliphatic heterocycles. The molecule has 1 fully saturated rings. The molecule has 1 aliphatic rings. The normalized spacial score (nSPS) is 28.6. The van der Waals surface area contributed by atoms with Crippen LogP contribution in [0, 0.1) is 11.3 Å². The Morgan fingerprint density at radius 3 is 3.06 bits per heavy atom. The molecule has 0 bridgehead atoms. The monoisotopic (exact) mass is 248 g/mol. The lowest BCUT2D eigenvalue weighted by Gasteiger charge is -2.30. The van der Waals surface area contributed by atoms with Gasteiger partial charge in [0.15, 0.2) is 0 Å². The largest absolute Gasteiger partial charge is 0.305 e. The first-order valence-electron chi connectivity index (χ1n) is 5.84. The summed E-state index contributed by atoms with van der Waals surface area (Å²) in [6.45, 7) is 2.10. The van der Waals surface area contributed by atoms with E-state index >= 15 is 0 Å². The molecule has 0 saturated carbocycles. The average Bonchev–Trinajstić information content (AvgIpc) is 2.38. The zero-order valence-electron chi connectivity index (χ0n) is 9.85. The number of nitriles is 1. The van der Waals surface area contributed by atoms with Gasteiger partial charge in [-0.1, -0.05) is 19.1 Å². The van der Waals surface area contributed by atoms with E-state index in [0.717, 1.165) is 17.7 Å². The van der Waals surface area contributed by atoms with Gasteiger partial charge in [0, 0.05) is 34.4 Å². The molecule has 0 amide bonds. The Balaban J connectivity index is 2.21. The number of rotatable bonds is 2. The summed E-state index contributed by atoms with van der Waals surface area (Å²) in [6, 6.07) is 10.1. The molecular formula is C13H16N2OS. The molecule has 1 saturated heterocycles. The Hall–Kier alpha value is -1.18. The van der Waals surface area contributed by atoms with Crippen LogP contribution in [0.3, 0.4) is 0 Å². The summed E-state index contributed by atoms with van der Waals surface area (Å²) >= 11 is 0. The summed E-state index contributed by atoms with van der Waals surface area (Å²) in [5.41, 5.74) is 1.73. The minimum absolute atomic E-state index is 0.114. The second-order valence-corrected chi connectivity index (χ2v) is 5.88. The molecule has 3 atom stereocenters. The van der Waals surface area contributed by atoms with Crippen LogP contribution in [-0.4, -0.2) is 21.8 Å². The van der Waals surface area contributed by atoms with E-state index in [-0.39, 0.29) is 6.04 Å². The molecule has 4 heteroatoms. The number of hydrogen-bond donors (Lipinski definition) is 1. The zero-order valence-corrected chi connectivity index (χ0v) is 10.7. The van der Waals surface area contributed by atoms with Gasteiger partial charge in [-0.3, -0.25) is 4.21 Å². The molecule has 3 unspecified atom stereocenters. The average molecular weight is 248 g/mol. The van der Waals surface area contributed by atoms with Gasteiger partial charge in [-0.15, -0.1) is 0 Å². The van der Waals surface area contributed by atoms with Crippen LogP contribution < -0.4 is 5.32 Å². The summed E-state index contributed by atoms with van der Waals surface area (Å²) in [4.78, 5) is 0. The summed E-state index contributed by atoms with van der Waals surface area (Å²) in [6.07, 6.45) is 0.986. The molecule has 1 aromatic rings. The van der Waals surface area contributed by atoms with Crippen molar-refractivity contribution in [2.24, 2.45) is 0 Å². The molecule has 90 valence electrons. The molecule has 2 rings (SSSR count). The maximum atomic E-state index is 11.8. The predicted octanol–water partition coefficient (Wildman–Crippen LogP) is 1.73. The number of benzene rings is 1. The van der Waals surface area contributed by atoms with Crippen molar-refractivity contribution in [1.82, 2.24) is 5.32 Å². The van der Waals surface area contributed by atoms with Gasteiger partial charge in [0.25, 0.3) is 0 Å². The van der Waals surface area contributed by atoms with Gasteiger partial charge in [0.2, 0.25) is 0 Å². The summed E-state index contributed by atoms with van der Waals surface area (Å²) < 4.78 is 11.8. The lowest BCUT2D eigenvalue weighted by molar-refractivity contribution is 0.456. The summed E-state index contributed by atoms with van der Waals surface area (Å²) in [7, 11) is -0.755. The highest BCUT2D eigenvalue weighted by Gasteiger charge is 2.25. The van der Waals surface area contributed by atoms with Crippen molar-refractivity contribution in [2.45, 2.75) is 25.4 Å². The molecule has 1 aromatic carbocycles. The minimum Gasteiger partial charge on any atom is -0.305 e. The van der Waals surface area contributed by atoms with E-state index in [0.29, 0.717) is 17.4 Å². The summed E-state index contributed by atoms with van der Waals surface area (Å²) in [5, 5.41) is 12.4. The fourth-order valence-corrected chi connectivity index (χ4v) is 3.69. The number of nitrogens with zero attached hydrogens (tertiary/aromatic N) is 1. The Morgan fingerprint density at radius 2 is 2.35 bits per heavy atom. The predicted molar refractivity (Wildman–Crippen MR) is 69.0 cm³/mol. The molecule has 0 radical (unpaired) electrons. The van der Waals surface area contributed by atoms with Crippen molar-refractivity contribution < 1.29 is 4.21 Å². The molecule has 3 nitrogen and oxygen atoms in total. The smallest absolute Gasteiger partial charge is 0.0991 e. The van der Waals surface area contributed by atoms with E-state index in [9.17, 15) is 4.21 Å². The highest BCUT2D eigenvalue weighted by atomic mass is 32.2. The molecule has 17 heavy (non-hydrogen) atoms. The first kappa shape index (κ1) is 12.3. The number of hydrogen-bond acceptors (Lipinski definition) is 3. The van der Waals surface area contributed by atoms with E-state index in [1.54, 1.807) is 6.07 Å². The lowest BCUT2D eigenvalue weighted by Crippen LogP contribution is -2.44. The highest BCUT2D eigenvalue weighted by Crippen LogP contribution is 2.21. The van der Waals surface area contributed by atoms with Gasteiger partial charge in [0.1, 0.15) is 0 Å². The first-order chi connectivity index (χ1) is 8.22. The zero-order chi connectivity index (χ0) is 12.3. The summed E-state index contributed by atoms with van der Waals surface area (Å²) in [5.74, 6) is 1.39. The van der Waals surface area contributed by atoms with E-state index in [4.69, 9.17) is 5.26 Å². The van der Waals surface area contributed by atoms with E-state index in [2.05, 4.69) is 18.3 Å². The van der Waals surface area contributed by atoms with Gasteiger partial charge in [-0.2, -0.15) is 5.26 Å². The van der Waals surface area contributed by atoms with Crippen LogP contribution in [0.15, 0.2) is 24.3 Å². The second-order valence-electron chi connectivity index (χ2n) is 4.33. The third kappa shape index (κ3) is 2.93. The SMILES string of the molecule is CCC1CS(=O)CC(c2cccc(C#N)c2)N1. The highest BCUT2D eigenvalue weighted by molar-refractivity contribution is 7.85. The molecule has 0 aliphatic carbocycles. The van der Waals surface area contributed by atoms with Crippen molar-refractivity contribution in [1.29, 1.82) is 5.26 Å². The maximum Gasteiger partial charge on any atom is 0.0991 e. The molecular weight excluding hydrogens is 232 g/mol. The van der Waals surface area contributed by atoms with Crippen LogP contribution in [-0.2, 0) is 10.8 Å². The molecule has 0 aromatic heterocycles. The lowest BCUT2D eigenvalue weighted by atomic mass is 10.0. The third-order valence-electron chi connectivity index (χ3n) is 3.09. The van der Waals surface area contributed by atoms with E-state index in [1.807, 2.05) is 18.2 Å². The Bertz CT molecular complexity index is 467. The van der Waals surface area contributed by atoms with Gasteiger partial charge < -0.3 is 5.32 Å². The van der Waals surface area contributed by atoms with Crippen molar-refractivity contribution in [3.05, 3.63) is 35.4 Å². The van der Waals surface area contributed by atoms with Crippen molar-refractivity contribution in [3.63, 3.8) is 0 Å². The van der Waals surface area contributed by atoms with Crippen LogP contribution in [0.2, 0.25) is 0 Å². The first-order valence-corrected chi connectivity index (χ1v) is 7.32. The molecule has 0 spiro atoms. The maximum absolute atomic E-state index is 11.8. The topological polar surface area (TPSA) is 52.9 Å². The minimum atomic E-state index is -0.755. The fourth-order valence-electron chi connectivity index (χ4n) is 2.11. The Labute approximate surface area is 104 Å². The van der Waals surface area contributed by atoms with Gasteiger partial charge in [-0.05, 0) is 24.1 Å². The standard InChI is InChI=1S/C13H16N2OS/c1-2-12-8-17(16)9-13(15-12)11-5-3-4-10(6-11)7-14/h3-6,12-13,15H,2,8-9H2,1H3. The third-order valence-corrected chi connectivity index (χ3v) is 4.57. The van der Waals surface area contributed by atoms with E-state index in [1.165, 1.54) is 0 Å². The van der Waals surface area contributed by atoms with Crippen LogP contribution >= 0.6 is 0 Å². The van der Waals surface area contributed by atoms with Gasteiger partial charge >= 0.3 is 0 Å². The van der Waals surface area contributed by atoms with Crippen LogP contribution in [0.25, 0.3) is 0 Å². The molecule has 1 heterocycles. The van der Waals surface area contributed by atoms with Crippen LogP contribution in [0.5, 0.6) is 0 Å². The fraction of sp³-hybridized carbons (Fsp3) is 0.462. The molecule has 1 N–H and O–H groups in total. The van der Waals surface area contributed by atoms with Crippen molar-refractivity contribution in [2.75, 3.05) is 11.5 Å². The Morgan fingerprint density at radius 1 is 1.53 bits per heavy atom. The van der Waals surface area contributed by atoms with Gasteiger partial charge in [-0.25, -0.2) is 0 Å². The second kappa shape index (κ2) is 5.44. The Kier molecular flexibility index (Phi) is 3.93. The van der Waals surface area contributed by atoms with Crippen LogP contribution in [0.4, 0.5) is 0 Å². The van der Waals surface area contributed by atoms with Crippen molar-refractivity contribution in [3.8, 4) is 6.07 Å². The van der Waals surface area contributed by atoms with Gasteiger partial charge in [0.05, 0.1) is 11.6 Å². The van der Waals surface area contributed by atoms with Crippen LogP contribution in [0.1, 0.15) is 30.5 Å². The quantitative estimate of drug-likeness (QED) is 0.867. The number of nitrogens with one attached hydrogen (secondary N) is 1. The van der Waals surface area contributed by atoms with E-state index < -0.39 is 10.8 Å².